The highest BCUT2D eigenvalue weighted by Crippen LogP contribution is 2.07. The average molecular weight is 258 g/mol. The number of amides is 1. The van der Waals surface area contributed by atoms with Crippen LogP contribution in [0.4, 0.5) is 4.79 Å². The van der Waals surface area contributed by atoms with Crippen LogP contribution in [0.1, 0.15) is 27.7 Å². The molecule has 1 amide bonds. The van der Waals surface area contributed by atoms with Crippen LogP contribution in [-0.4, -0.2) is 31.9 Å². The van der Waals surface area contributed by atoms with Crippen molar-refractivity contribution in [2.24, 2.45) is 0 Å². The number of carbonyl (C=O) groups excluding carboxylic acids is 1. The van der Waals surface area contributed by atoms with Gasteiger partial charge in [0.1, 0.15) is 5.60 Å². The molecule has 7 heteroatoms. The minimum Gasteiger partial charge on any atom is -0.444 e. The molecule has 1 unspecified atom stereocenters. The van der Waals surface area contributed by atoms with Gasteiger partial charge in [-0.1, -0.05) is 0 Å². The summed E-state index contributed by atoms with van der Waals surface area (Å²) < 4.78 is 26.3. The van der Waals surface area contributed by atoms with Crippen molar-refractivity contribution < 1.29 is 17.9 Å². The smallest absolute Gasteiger partial charge is 0.407 e. The summed E-state index contributed by atoms with van der Waals surface area (Å²) in [4.78, 5) is 11.2. The highest BCUT2D eigenvalue weighted by Gasteiger charge is 2.19. The Hall–Kier alpha value is -0.490. The molecule has 0 aromatic rings. The highest BCUT2D eigenvalue weighted by atomic mass is 35.7. The molecule has 90 valence electrons. The lowest BCUT2D eigenvalue weighted by molar-refractivity contribution is 0.0513. The molecule has 0 saturated heterocycles. The van der Waals surface area contributed by atoms with Gasteiger partial charge in [-0.3, -0.25) is 0 Å². The van der Waals surface area contributed by atoms with E-state index in [1.165, 1.54) is 6.92 Å². The van der Waals surface area contributed by atoms with Crippen LogP contribution in [0.5, 0.6) is 0 Å². The number of rotatable bonds is 3. The molecule has 0 rings (SSSR count). The first-order valence-corrected chi connectivity index (χ1v) is 6.89. The third kappa shape index (κ3) is 9.81. The highest BCUT2D eigenvalue weighted by molar-refractivity contribution is 8.13. The number of nitrogens with one attached hydrogen (secondary N) is 1. The zero-order chi connectivity index (χ0) is 12.3. The zero-order valence-corrected chi connectivity index (χ0v) is 10.8. The van der Waals surface area contributed by atoms with Crippen LogP contribution in [-0.2, 0) is 13.8 Å². The average Bonchev–Trinajstić information content (AvgIpc) is 1.73. The van der Waals surface area contributed by atoms with E-state index in [1.807, 2.05) is 0 Å². The molecular formula is C8H16ClNO4S. The van der Waals surface area contributed by atoms with E-state index in [9.17, 15) is 13.2 Å². The van der Waals surface area contributed by atoms with Gasteiger partial charge in [-0.05, 0) is 27.7 Å². The van der Waals surface area contributed by atoms with Crippen molar-refractivity contribution in [1.29, 1.82) is 0 Å². The molecule has 0 aromatic heterocycles. The second-order valence-electron chi connectivity index (χ2n) is 4.25. The second kappa shape index (κ2) is 5.03. The van der Waals surface area contributed by atoms with E-state index in [-0.39, 0.29) is 5.75 Å². The molecule has 0 radical (unpaired) electrons. The summed E-state index contributed by atoms with van der Waals surface area (Å²) >= 11 is 0. The molecule has 0 heterocycles. The molecule has 0 aliphatic rings. The summed E-state index contributed by atoms with van der Waals surface area (Å²) in [6.45, 7) is 6.68. The lowest BCUT2D eigenvalue weighted by atomic mass is 10.2. The Labute approximate surface area is 94.6 Å². The van der Waals surface area contributed by atoms with E-state index in [0.717, 1.165) is 0 Å². The Bertz CT molecular complexity index is 320. The first-order chi connectivity index (χ1) is 6.49. The summed E-state index contributed by atoms with van der Waals surface area (Å²) in [6, 6.07) is -0.581. The minimum absolute atomic E-state index is 0.326. The van der Waals surface area contributed by atoms with Gasteiger partial charge in [0.2, 0.25) is 9.05 Å². The summed E-state index contributed by atoms with van der Waals surface area (Å²) in [6.07, 6.45) is -0.657. The van der Waals surface area contributed by atoms with Gasteiger partial charge in [-0.15, -0.1) is 0 Å². The van der Waals surface area contributed by atoms with Gasteiger partial charge < -0.3 is 10.1 Å². The molecule has 0 aliphatic heterocycles. The van der Waals surface area contributed by atoms with Gasteiger partial charge in [0.05, 0.1) is 5.75 Å². The number of ether oxygens (including phenoxy) is 1. The molecule has 0 aliphatic carbocycles. The van der Waals surface area contributed by atoms with Gasteiger partial charge in [0.25, 0.3) is 0 Å². The van der Waals surface area contributed by atoms with Crippen LogP contribution in [0.15, 0.2) is 0 Å². The Kier molecular flexibility index (Phi) is 4.86. The van der Waals surface area contributed by atoms with Gasteiger partial charge >= 0.3 is 6.09 Å². The molecule has 5 nitrogen and oxygen atoms in total. The fourth-order valence-corrected chi connectivity index (χ4v) is 2.10. The van der Waals surface area contributed by atoms with Crippen molar-refractivity contribution in [3.8, 4) is 0 Å². The maximum absolute atomic E-state index is 11.2. The Morgan fingerprint density at radius 3 is 2.27 bits per heavy atom. The largest absolute Gasteiger partial charge is 0.444 e. The predicted octanol–water partition coefficient (Wildman–Crippen LogP) is 1.47. The lowest BCUT2D eigenvalue weighted by Crippen LogP contribution is -2.40. The van der Waals surface area contributed by atoms with E-state index in [0.29, 0.717) is 0 Å². The maximum Gasteiger partial charge on any atom is 0.407 e. The first-order valence-electron chi connectivity index (χ1n) is 4.41. The van der Waals surface area contributed by atoms with E-state index in [1.54, 1.807) is 20.8 Å². The lowest BCUT2D eigenvalue weighted by Gasteiger charge is -2.21. The first kappa shape index (κ1) is 14.5. The molecule has 0 bridgehead atoms. The van der Waals surface area contributed by atoms with E-state index in [4.69, 9.17) is 15.4 Å². The number of hydrogen-bond donors (Lipinski definition) is 1. The van der Waals surface area contributed by atoms with Crippen molar-refractivity contribution in [2.75, 3.05) is 5.75 Å². The summed E-state index contributed by atoms with van der Waals surface area (Å²) in [5.41, 5.74) is -0.607. The van der Waals surface area contributed by atoms with E-state index in [2.05, 4.69) is 5.32 Å². The van der Waals surface area contributed by atoms with Crippen LogP contribution >= 0.6 is 10.7 Å². The topological polar surface area (TPSA) is 72.5 Å². The summed E-state index contributed by atoms with van der Waals surface area (Å²) in [5.74, 6) is -0.326. The van der Waals surface area contributed by atoms with Crippen LogP contribution in [0, 0.1) is 0 Å². The summed E-state index contributed by atoms with van der Waals surface area (Å²) in [5, 5.41) is 2.37. The second-order valence-corrected chi connectivity index (χ2v) is 7.07. The molecule has 1 atom stereocenters. The van der Waals surface area contributed by atoms with Crippen LogP contribution < -0.4 is 5.32 Å². The van der Waals surface area contributed by atoms with Gasteiger partial charge in [0, 0.05) is 16.7 Å². The number of hydrogen-bond acceptors (Lipinski definition) is 4. The minimum atomic E-state index is -3.61. The predicted molar refractivity (Wildman–Crippen MR) is 58.5 cm³/mol. The standard InChI is InChI=1S/C8H16ClNO4S/c1-6(5-15(9,12)13)10-7(11)14-8(2,3)4/h6H,5H2,1-4H3,(H,10,11). The third-order valence-corrected chi connectivity index (χ3v) is 2.49. The fraction of sp³-hybridized carbons (Fsp3) is 0.875. The normalized spacial score (nSPS) is 14.5. The molecular weight excluding hydrogens is 242 g/mol. The van der Waals surface area contributed by atoms with Crippen LogP contribution in [0.3, 0.4) is 0 Å². The Balaban J connectivity index is 4.09. The van der Waals surface area contributed by atoms with Gasteiger partial charge in [0.15, 0.2) is 0 Å². The summed E-state index contributed by atoms with van der Waals surface area (Å²) in [7, 11) is 1.41. The Morgan fingerprint density at radius 1 is 1.47 bits per heavy atom. The van der Waals surface area contributed by atoms with Crippen LogP contribution in [0.25, 0.3) is 0 Å². The maximum atomic E-state index is 11.2. The SMILES string of the molecule is CC(CS(=O)(=O)Cl)NC(=O)OC(C)(C)C. The molecule has 0 saturated carbocycles. The van der Waals surface area contributed by atoms with Crippen LogP contribution in [0.2, 0.25) is 0 Å². The van der Waals surface area contributed by atoms with Gasteiger partial charge in [-0.2, -0.15) is 0 Å². The van der Waals surface area contributed by atoms with E-state index >= 15 is 0 Å². The molecule has 0 spiro atoms. The zero-order valence-electron chi connectivity index (χ0n) is 9.20. The van der Waals surface area contributed by atoms with Crippen molar-refractivity contribution in [3.05, 3.63) is 0 Å². The quantitative estimate of drug-likeness (QED) is 0.777. The van der Waals surface area contributed by atoms with Crippen molar-refractivity contribution >= 4 is 25.8 Å². The van der Waals surface area contributed by atoms with Crippen molar-refractivity contribution in [2.45, 2.75) is 39.3 Å². The molecule has 0 fully saturated rings. The number of carbonyl (C=O) groups is 1. The fourth-order valence-electron chi connectivity index (χ4n) is 0.849. The molecule has 0 aromatic carbocycles. The van der Waals surface area contributed by atoms with E-state index < -0.39 is 26.8 Å². The molecule has 15 heavy (non-hydrogen) atoms. The van der Waals surface area contributed by atoms with Crippen molar-refractivity contribution in [3.63, 3.8) is 0 Å². The molecule has 1 N–H and O–H groups in total. The number of alkyl carbamates (subject to hydrolysis) is 1. The monoisotopic (exact) mass is 257 g/mol. The Morgan fingerprint density at radius 2 is 1.93 bits per heavy atom. The van der Waals surface area contributed by atoms with Crippen molar-refractivity contribution in [1.82, 2.24) is 5.32 Å². The van der Waals surface area contributed by atoms with Gasteiger partial charge in [-0.25, -0.2) is 13.2 Å². The third-order valence-electron chi connectivity index (χ3n) is 1.21. The number of halogens is 1.